The first-order chi connectivity index (χ1) is 9.29. The van der Waals surface area contributed by atoms with Gasteiger partial charge in [0.15, 0.2) is 0 Å². The maximum absolute atomic E-state index is 4.55. The summed E-state index contributed by atoms with van der Waals surface area (Å²) in [4.78, 5) is 17.4. The van der Waals surface area contributed by atoms with E-state index in [1.165, 1.54) is 17.8 Å². The van der Waals surface area contributed by atoms with Crippen LogP contribution < -0.4 is 0 Å². The van der Waals surface area contributed by atoms with Gasteiger partial charge in [-0.05, 0) is 12.5 Å². The topological polar surface area (TPSA) is 54.5 Å². The third kappa shape index (κ3) is 2.26. The lowest BCUT2D eigenvalue weighted by Crippen LogP contribution is -1.90. The Bertz CT molecular complexity index is 685. The summed E-state index contributed by atoms with van der Waals surface area (Å²) in [6.07, 6.45) is 7.79. The number of aromatic amines is 1. The van der Waals surface area contributed by atoms with E-state index in [0.717, 1.165) is 21.6 Å². The molecule has 0 aliphatic carbocycles. The minimum Gasteiger partial charge on any atom is -0.346 e. The molecule has 4 nitrogen and oxygen atoms in total. The molecule has 0 bridgehead atoms. The molecule has 0 amide bonds. The van der Waals surface area contributed by atoms with Crippen LogP contribution in [0.4, 0.5) is 0 Å². The van der Waals surface area contributed by atoms with Gasteiger partial charge in [0.25, 0.3) is 0 Å². The van der Waals surface area contributed by atoms with Crippen molar-refractivity contribution in [2.24, 2.45) is 0 Å². The van der Waals surface area contributed by atoms with Crippen molar-refractivity contribution in [3.63, 3.8) is 0 Å². The molecule has 0 saturated heterocycles. The number of aromatic nitrogens is 4. The fourth-order valence-electron chi connectivity index (χ4n) is 2.25. The molecule has 0 spiro atoms. The Morgan fingerprint density at radius 3 is 3.05 bits per heavy atom. The van der Waals surface area contributed by atoms with Crippen LogP contribution in [0.15, 0.2) is 24.8 Å². The summed E-state index contributed by atoms with van der Waals surface area (Å²) in [7, 11) is 0. The second kappa shape index (κ2) is 5.09. The Kier molecular flexibility index (Phi) is 3.29. The summed E-state index contributed by atoms with van der Waals surface area (Å²) in [6.45, 7) is 4.44. The second-order valence-electron chi connectivity index (χ2n) is 4.71. The molecule has 98 valence electrons. The quantitative estimate of drug-likeness (QED) is 0.781. The molecule has 19 heavy (non-hydrogen) atoms. The predicted octanol–water partition coefficient (Wildman–Crippen LogP) is 3.99. The molecule has 0 aliphatic rings. The van der Waals surface area contributed by atoms with E-state index in [2.05, 4.69) is 33.8 Å². The molecule has 0 fully saturated rings. The zero-order chi connectivity index (χ0) is 13.2. The van der Waals surface area contributed by atoms with Crippen molar-refractivity contribution in [3.8, 4) is 10.6 Å². The van der Waals surface area contributed by atoms with E-state index < -0.39 is 0 Å². The van der Waals surface area contributed by atoms with Crippen LogP contribution in [-0.4, -0.2) is 19.9 Å². The number of nitrogens with one attached hydrogen (secondary N) is 1. The SMILES string of the molecule is CCC[C@H](C)c1ncc(-c2ncnc3[nH]ccc23)s1. The van der Waals surface area contributed by atoms with Crippen molar-refractivity contribution in [1.29, 1.82) is 0 Å². The average molecular weight is 272 g/mol. The van der Waals surface area contributed by atoms with Gasteiger partial charge < -0.3 is 4.98 Å². The number of hydrogen-bond donors (Lipinski definition) is 1. The highest BCUT2D eigenvalue weighted by atomic mass is 32.1. The zero-order valence-electron chi connectivity index (χ0n) is 11.1. The van der Waals surface area contributed by atoms with Crippen molar-refractivity contribution < 1.29 is 0 Å². The Labute approximate surface area is 116 Å². The Hall–Kier alpha value is -1.75. The lowest BCUT2D eigenvalue weighted by Gasteiger charge is -2.04. The van der Waals surface area contributed by atoms with Gasteiger partial charge in [0.2, 0.25) is 0 Å². The van der Waals surface area contributed by atoms with E-state index in [9.17, 15) is 0 Å². The first-order valence-electron chi connectivity index (χ1n) is 6.53. The fraction of sp³-hybridized carbons (Fsp3) is 0.357. The van der Waals surface area contributed by atoms with Gasteiger partial charge in [-0.3, -0.25) is 0 Å². The van der Waals surface area contributed by atoms with Crippen LogP contribution in [0.25, 0.3) is 21.6 Å². The Morgan fingerprint density at radius 2 is 2.21 bits per heavy atom. The summed E-state index contributed by atoms with van der Waals surface area (Å²) >= 11 is 1.74. The second-order valence-corrected chi connectivity index (χ2v) is 5.78. The first-order valence-corrected chi connectivity index (χ1v) is 7.35. The summed E-state index contributed by atoms with van der Waals surface area (Å²) in [5, 5.41) is 2.25. The molecule has 0 saturated carbocycles. The molecular weight excluding hydrogens is 256 g/mol. The number of thiazole rings is 1. The van der Waals surface area contributed by atoms with Gasteiger partial charge in [0.05, 0.1) is 15.6 Å². The number of fused-ring (bicyclic) bond motifs is 1. The predicted molar refractivity (Wildman–Crippen MR) is 78.3 cm³/mol. The van der Waals surface area contributed by atoms with E-state index in [1.807, 2.05) is 18.5 Å². The molecule has 0 aromatic carbocycles. The fourth-order valence-corrected chi connectivity index (χ4v) is 3.26. The number of hydrogen-bond acceptors (Lipinski definition) is 4. The Balaban J connectivity index is 2.00. The number of rotatable bonds is 4. The molecule has 0 aliphatic heterocycles. The highest BCUT2D eigenvalue weighted by Crippen LogP contribution is 2.33. The Morgan fingerprint density at radius 1 is 1.32 bits per heavy atom. The van der Waals surface area contributed by atoms with Crippen LogP contribution in [-0.2, 0) is 0 Å². The first kappa shape index (κ1) is 12.3. The van der Waals surface area contributed by atoms with Crippen LogP contribution in [0.5, 0.6) is 0 Å². The zero-order valence-corrected chi connectivity index (χ0v) is 11.9. The van der Waals surface area contributed by atoms with Gasteiger partial charge in [0, 0.05) is 23.7 Å². The molecule has 3 rings (SSSR count). The minimum atomic E-state index is 0.521. The van der Waals surface area contributed by atoms with Crippen molar-refractivity contribution in [2.45, 2.75) is 32.6 Å². The van der Waals surface area contributed by atoms with Crippen LogP contribution in [0.3, 0.4) is 0 Å². The standard InChI is InChI=1S/C14H16N4S/c1-3-4-9(2)14-16-7-11(19-14)12-10-5-6-15-13(10)18-8-17-12/h5-9H,3-4H2,1-2H3,(H,15,17,18)/t9-/m0/s1. The van der Waals surface area contributed by atoms with Crippen LogP contribution in [0.2, 0.25) is 0 Å². The van der Waals surface area contributed by atoms with E-state index in [1.54, 1.807) is 17.7 Å². The van der Waals surface area contributed by atoms with E-state index in [-0.39, 0.29) is 0 Å². The minimum absolute atomic E-state index is 0.521. The normalized spacial score (nSPS) is 12.9. The third-order valence-electron chi connectivity index (χ3n) is 3.25. The van der Waals surface area contributed by atoms with Crippen LogP contribution in [0, 0.1) is 0 Å². The monoisotopic (exact) mass is 272 g/mol. The summed E-state index contributed by atoms with van der Waals surface area (Å²) in [6, 6.07) is 2.01. The summed E-state index contributed by atoms with van der Waals surface area (Å²) < 4.78 is 0. The molecule has 0 unspecified atom stereocenters. The molecule has 3 aromatic rings. The summed E-state index contributed by atoms with van der Waals surface area (Å²) in [5.74, 6) is 0.521. The molecule has 5 heteroatoms. The van der Waals surface area contributed by atoms with E-state index in [0.29, 0.717) is 5.92 Å². The van der Waals surface area contributed by atoms with Crippen molar-refractivity contribution in [3.05, 3.63) is 29.8 Å². The van der Waals surface area contributed by atoms with Gasteiger partial charge in [0.1, 0.15) is 12.0 Å². The van der Waals surface area contributed by atoms with Gasteiger partial charge in [-0.15, -0.1) is 11.3 Å². The van der Waals surface area contributed by atoms with Crippen LogP contribution in [0.1, 0.15) is 37.6 Å². The van der Waals surface area contributed by atoms with Crippen molar-refractivity contribution in [2.75, 3.05) is 0 Å². The summed E-state index contributed by atoms with van der Waals surface area (Å²) in [5.41, 5.74) is 1.85. The maximum atomic E-state index is 4.55. The average Bonchev–Trinajstić information content (AvgIpc) is 3.07. The van der Waals surface area contributed by atoms with E-state index in [4.69, 9.17) is 0 Å². The van der Waals surface area contributed by atoms with Crippen LogP contribution >= 0.6 is 11.3 Å². The largest absolute Gasteiger partial charge is 0.346 e. The lowest BCUT2D eigenvalue weighted by molar-refractivity contribution is 0.660. The number of H-pyrrole nitrogens is 1. The van der Waals surface area contributed by atoms with Crippen molar-refractivity contribution >= 4 is 22.4 Å². The molecule has 0 radical (unpaired) electrons. The maximum Gasteiger partial charge on any atom is 0.141 e. The smallest absolute Gasteiger partial charge is 0.141 e. The molecule has 1 atom stereocenters. The highest BCUT2D eigenvalue weighted by Gasteiger charge is 2.13. The molecular formula is C14H16N4S. The molecule has 3 aromatic heterocycles. The highest BCUT2D eigenvalue weighted by molar-refractivity contribution is 7.15. The third-order valence-corrected chi connectivity index (χ3v) is 4.49. The van der Waals surface area contributed by atoms with Gasteiger partial charge in [-0.1, -0.05) is 20.3 Å². The van der Waals surface area contributed by atoms with E-state index >= 15 is 0 Å². The van der Waals surface area contributed by atoms with Gasteiger partial charge in [-0.25, -0.2) is 15.0 Å². The molecule has 1 N–H and O–H groups in total. The van der Waals surface area contributed by atoms with Gasteiger partial charge >= 0.3 is 0 Å². The lowest BCUT2D eigenvalue weighted by atomic mass is 10.1. The molecule has 3 heterocycles. The number of nitrogens with zero attached hydrogens (tertiary/aromatic N) is 3. The van der Waals surface area contributed by atoms with Crippen molar-refractivity contribution in [1.82, 2.24) is 19.9 Å². The van der Waals surface area contributed by atoms with Gasteiger partial charge in [-0.2, -0.15) is 0 Å².